The van der Waals surface area contributed by atoms with Crippen molar-refractivity contribution in [3.8, 4) is 0 Å². The predicted octanol–water partition coefficient (Wildman–Crippen LogP) is 4.12. The Bertz CT molecular complexity index is 817. The number of hydrogen-bond donors (Lipinski definition) is 1. The molecule has 0 aliphatic heterocycles. The fourth-order valence-electron chi connectivity index (χ4n) is 3.36. The lowest BCUT2D eigenvalue weighted by molar-refractivity contribution is 0.0600. The molecule has 0 radical (unpaired) electrons. The minimum absolute atomic E-state index is 0.351. The van der Waals surface area contributed by atoms with Gasteiger partial charge in [0, 0.05) is 6.42 Å². The first kappa shape index (κ1) is 18.5. The van der Waals surface area contributed by atoms with E-state index in [9.17, 15) is 4.79 Å². The summed E-state index contributed by atoms with van der Waals surface area (Å²) in [6.45, 7) is 0. The highest BCUT2D eigenvalue weighted by Crippen LogP contribution is 2.27. The number of aromatic amines is 1. The van der Waals surface area contributed by atoms with Crippen LogP contribution in [0.15, 0.2) is 29.4 Å². The van der Waals surface area contributed by atoms with Crippen molar-refractivity contribution in [3.63, 3.8) is 0 Å². The van der Waals surface area contributed by atoms with Gasteiger partial charge in [-0.15, -0.1) is 0 Å². The van der Waals surface area contributed by atoms with E-state index in [1.807, 2.05) is 12.1 Å². The van der Waals surface area contributed by atoms with Crippen molar-refractivity contribution in [1.82, 2.24) is 14.9 Å². The largest absolute Gasteiger partial charge is 0.465 e. The van der Waals surface area contributed by atoms with Crippen molar-refractivity contribution in [2.45, 2.75) is 44.9 Å². The highest BCUT2D eigenvalue weighted by molar-refractivity contribution is 7.71. The normalized spacial score (nSPS) is 15.4. The smallest absolute Gasteiger partial charge is 0.337 e. The van der Waals surface area contributed by atoms with E-state index in [4.69, 9.17) is 17.0 Å². The molecule has 7 heteroatoms. The van der Waals surface area contributed by atoms with Gasteiger partial charge in [0.2, 0.25) is 4.77 Å². The second-order valence-corrected chi connectivity index (χ2v) is 7.04. The van der Waals surface area contributed by atoms with Crippen LogP contribution in [0, 0.1) is 10.7 Å². The topological polar surface area (TPSA) is 72.3 Å². The van der Waals surface area contributed by atoms with E-state index in [1.54, 1.807) is 23.0 Å². The SMILES string of the molecule is COC(=O)c1ccc(/C=N\n2c(CCC3CCCCC3)n[nH]c2=S)cc1. The summed E-state index contributed by atoms with van der Waals surface area (Å²) in [5.74, 6) is 1.30. The van der Waals surface area contributed by atoms with Crippen molar-refractivity contribution in [2.75, 3.05) is 7.11 Å². The lowest BCUT2D eigenvalue weighted by Gasteiger charge is -2.20. The van der Waals surface area contributed by atoms with Gasteiger partial charge in [0.05, 0.1) is 18.9 Å². The average molecular weight is 372 g/mol. The molecule has 1 N–H and O–H groups in total. The number of methoxy groups -OCH3 is 1. The molecule has 138 valence electrons. The third-order valence-corrected chi connectivity index (χ3v) is 5.14. The number of benzene rings is 1. The molecule has 1 aromatic carbocycles. The highest BCUT2D eigenvalue weighted by atomic mass is 32.1. The summed E-state index contributed by atoms with van der Waals surface area (Å²) < 4.78 is 6.88. The maximum atomic E-state index is 11.5. The third-order valence-electron chi connectivity index (χ3n) is 4.87. The van der Waals surface area contributed by atoms with Crippen LogP contribution in [-0.2, 0) is 11.2 Å². The molecule has 0 unspecified atom stereocenters. The quantitative estimate of drug-likeness (QED) is 0.470. The molecule has 1 aliphatic carbocycles. The lowest BCUT2D eigenvalue weighted by Crippen LogP contribution is -2.09. The van der Waals surface area contributed by atoms with Crippen molar-refractivity contribution >= 4 is 24.4 Å². The third kappa shape index (κ3) is 4.66. The first-order chi connectivity index (χ1) is 12.7. The van der Waals surface area contributed by atoms with Gasteiger partial charge >= 0.3 is 5.97 Å². The molecule has 0 saturated heterocycles. The van der Waals surface area contributed by atoms with Crippen LogP contribution in [0.2, 0.25) is 0 Å². The first-order valence-corrected chi connectivity index (χ1v) is 9.47. The Morgan fingerprint density at radius 1 is 1.35 bits per heavy atom. The molecule has 1 aliphatic rings. The van der Waals surface area contributed by atoms with E-state index >= 15 is 0 Å². The van der Waals surface area contributed by atoms with Gasteiger partial charge in [-0.1, -0.05) is 44.2 Å². The Labute approximate surface area is 158 Å². The minimum Gasteiger partial charge on any atom is -0.465 e. The van der Waals surface area contributed by atoms with Crippen LogP contribution in [0.1, 0.15) is 60.3 Å². The van der Waals surface area contributed by atoms with Crippen molar-refractivity contribution in [2.24, 2.45) is 11.0 Å². The molecule has 1 aromatic heterocycles. The van der Waals surface area contributed by atoms with Gasteiger partial charge in [0.15, 0.2) is 5.82 Å². The summed E-state index contributed by atoms with van der Waals surface area (Å²) >= 11 is 5.30. The van der Waals surface area contributed by atoms with Crippen LogP contribution in [0.4, 0.5) is 0 Å². The molecular formula is C19H24N4O2S. The number of H-pyrrole nitrogens is 1. The second-order valence-electron chi connectivity index (χ2n) is 6.66. The molecule has 26 heavy (non-hydrogen) atoms. The van der Waals surface area contributed by atoms with E-state index in [0.717, 1.165) is 30.1 Å². The predicted molar refractivity (Wildman–Crippen MR) is 103 cm³/mol. The zero-order valence-electron chi connectivity index (χ0n) is 15.0. The Kier molecular flexibility index (Phi) is 6.33. The van der Waals surface area contributed by atoms with Crippen molar-refractivity contribution in [3.05, 3.63) is 46.0 Å². The summed E-state index contributed by atoms with van der Waals surface area (Å²) in [5, 5.41) is 11.6. The number of aryl methyl sites for hydroxylation is 1. The van der Waals surface area contributed by atoms with Crippen LogP contribution >= 0.6 is 12.2 Å². The number of carbonyl (C=O) groups is 1. The molecule has 1 saturated carbocycles. The number of ether oxygens (including phenoxy) is 1. The van der Waals surface area contributed by atoms with E-state index in [1.165, 1.54) is 39.2 Å². The van der Waals surface area contributed by atoms with Crippen LogP contribution in [0.5, 0.6) is 0 Å². The van der Waals surface area contributed by atoms with Gasteiger partial charge in [0.1, 0.15) is 0 Å². The maximum absolute atomic E-state index is 11.5. The zero-order chi connectivity index (χ0) is 18.4. The van der Waals surface area contributed by atoms with Crippen LogP contribution in [0.3, 0.4) is 0 Å². The zero-order valence-corrected chi connectivity index (χ0v) is 15.8. The average Bonchev–Trinajstić information content (AvgIpc) is 3.05. The van der Waals surface area contributed by atoms with E-state index < -0.39 is 0 Å². The molecular weight excluding hydrogens is 348 g/mol. The Balaban J connectivity index is 1.67. The summed E-state index contributed by atoms with van der Waals surface area (Å²) in [4.78, 5) is 11.5. The van der Waals surface area contributed by atoms with Crippen molar-refractivity contribution in [1.29, 1.82) is 0 Å². The number of nitrogens with zero attached hydrogens (tertiary/aromatic N) is 3. The molecule has 0 atom stereocenters. The highest BCUT2D eigenvalue weighted by Gasteiger charge is 2.15. The summed E-state index contributed by atoms with van der Waals surface area (Å²) in [6.07, 6.45) is 10.4. The summed E-state index contributed by atoms with van der Waals surface area (Å²) in [6, 6.07) is 7.07. The fourth-order valence-corrected chi connectivity index (χ4v) is 3.56. The molecule has 3 rings (SSSR count). The van der Waals surface area contributed by atoms with E-state index in [2.05, 4.69) is 15.3 Å². The number of aromatic nitrogens is 3. The number of rotatable bonds is 6. The fraction of sp³-hybridized carbons (Fsp3) is 0.474. The van der Waals surface area contributed by atoms with Gasteiger partial charge < -0.3 is 4.74 Å². The molecule has 1 heterocycles. The standard InChI is InChI=1S/C19H24N4O2S/c1-25-18(24)16-10-7-15(8-11-16)13-20-23-17(21-22-19(23)26)12-9-14-5-3-2-4-6-14/h7-8,10-11,13-14H,2-6,9,12H2,1H3,(H,22,26)/b20-13-. The maximum Gasteiger partial charge on any atom is 0.337 e. The Morgan fingerprint density at radius 3 is 2.77 bits per heavy atom. The number of esters is 1. The monoisotopic (exact) mass is 372 g/mol. The van der Waals surface area contributed by atoms with Crippen LogP contribution < -0.4 is 0 Å². The second kappa shape index (κ2) is 8.89. The number of nitrogens with one attached hydrogen (secondary N) is 1. The number of carbonyl (C=O) groups excluding carboxylic acids is 1. The van der Waals surface area contributed by atoms with Crippen LogP contribution in [0.25, 0.3) is 0 Å². The molecule has 1 fully saturated rings. The molecule has 2 aromatic rings. The molecule has 0 bridgehead atoms. The van der Waals surface area contributed by atoms with Gasteiger partial charge in [-0.3, -0.25) is 5.10 Å². The van der Waals surface area contributed by atoms with Gasteiger partial charge in [-0.25, -0.2) is 4.79 Å². The summed E-state index contributed by atoms with van der Waals surface area (Å²) in [5.41, 5.74) is 1.39. The Hall–Kier alpha value is -2.28. The molecule has 0 spiro atoms. The van der Waals surface area contributed by atoms with Gasteiger partial charge in [-0.2, -0.15) is 14.9 Å². The van der Waals surface area contributed by atoms with E-state index in [-0.39, 0.29) is 5.97 Å². The Morgan fingerprint density at radius 2 is 2.08 bits per heavy atom. The summed E-state index contributed by atoms with van der Waals surface area (Å²) in [7, 11) is 1.37. The molecule has 0 amide bonds. The van der Waals surface area contributed by atoms with Crippen LogP contribution in [-0.4, -0.2) is 34.2 Å². The lowest BCUT2D eigenvalue weighted by atomic mass is 9.86. The number of hydrogen-bond acceptors (Lipinski definition) is 5. The first-order valence-electron chi connectivity index (χ1n) is 9.06. The van der Waals surface area contributed by atoms with Crippen molar-refractivity contribution < 1.29 is 9.53 Å². The van der Waals surface area contributed by atoms with E-state index in [0.29, 0.717) is 10.3 Å². The van der Waals surface area contributed by atoms with Gasteiger partial charge in [0.25, 0.3) is 0 Å². The minimum atomic E-state index is -0.351. The molecule has 6 nitrogen and oxygen atoms in total. The van der Waals surface area contributed by atoms with Gasteiger partial charge in [-0.05, 0) is 42.3 Å².